The van der Waals surface area contributed by atoms with Crippen LogP contribution < -0.4 is 10.1 Å². The van der Waals surface area contributed by atoms with Crippen LogP contribution in [-0.4, -0.2) is 42.3 Å². The number of carbonyl (C=O) groups excluding carboxylic acids is 1. The van der Waals surface area contributed by atoms with E-state index in [4.69, 9.17) is 14.6 Å². The molecule has 0 saturated heterocycles. The number of carboxylic acid groups (broad SMARTS) is 1. The maximum Gasteiger partial charge on any atom is 0.331 e. The summed E-state index contributed by atoms with van der Waals surface area (Å²) in [5.74, 6) is -2.82. The molecule has 212 valence electrons. The molecule has 10 heteroatoms. The number of halogens is 2. The molecule has 0 bridgehead atoms. The van der Waals surface area contributed by atoms with Gasteiger partial charge in [-0.2, -0.15) is 0 Å². The second-order valence-corrected chi connectivity index (χ2v) is 10.7. The molecule has 1 amide bonds. The van der Waals surface area contributed by atoms with Crippen molar-refractivity contribution in [2.75, 3.05) is 25.6 Å². The molecule has 0 radical (unpaired) electrons. The van der Waals surface area contributed by atoms with Gasteiger partial charge in [0.25, 0.3) is 5.91 Å². The Labute approximate surface area is 235 Å². The van der Waals surface area contributed by atoms with Gasteiger partial charge in [-0.3, -0.25) is 10.1 Å². The summed E-state index contributed by atoms with van der Waals surface area (Å²) >= 11 is 1.17. The van der Waals surface area contributed by atoms with Crippen LogP contribution >= 0.6 is 11.3 Å². The van der Waals surface area contributed by atoms with Crippen molar-refractivity contribution in [3.8, 4) is 17.0 Å². The van der Waals surface area contributed by atoms with Crippen LogP contribution in [0.1, 0.15) is 60.5 Å². The summed E-state index contributed by atoms with van der Waals surface area (Å²) in [5, 5.41) is 13.5. The number of amides is 1. The van der Waals surface area contributed by atoms with Crippen molar-refractivity contribution in [1.82, 2.24) is 4.98 Å². The smallest absolute Gasteiger partial charge is 0.331 e. The Morgan fingerprint density at radius 2 is 1.90 bits per heavy atom. The van der Waals surface area contributed by atoms with Crippen molar-refractivity contribution in [2.45, 2.75) is 45.4 Å². The summed E-state index contributed by atoms with van der Waals surface area (Å²) in [5.41, 5.74) is 1.30. The number of ether oxygens (including phenoxy) is 2. The number of benzene rings is 2. The van der Waals surface area contributed by atoms with Gasteiger partial charge in [0.05, 0.1) is 19.4 Å². The third kappa shape index (κ3) is 7.31. The Kier molecular flexibility index (Phi) is 10.0. The van der Waals surface area contributed by atoms with Crippen molar-refractivity contribution in [3.05, 3.63) is 69.6 Å². The molecule has 0 unspecified atom stereocenters. The van der Waals surface area contributed by atoms with Crippen LogP contribution in [0.3, 0.4) is 0 Å². The minimum absolute atomic E-state index is 0.239. The van der Waals surface area contributed by atoms with Gasteiger partial charge in [0.1, 0.15) is 17.4 Å². The minimum Gasteiger partial charge on any atom is -0.496 e. The maximum absolute atomic E-state index is 14.5. The Bertz CT molecular complexity index is 1380. The zero-order valence-electron chi connectivity index (χ0n) is 22.5. The number of nitrogens with one attached hydrogen (secondary N) is 1. The molecule has 4 rings (SSSR count). The molecule has 3 aromatic rings. The van der Waals surface area contributed by atoms with E-state index in [1.165, 1.54) is 50.4 Å². The normalized spacial score (nSPS) is 14.2. The molecule has 0 atom stereocenters. The number of methoxy groups -OCH3 is 1. The van der Waals surface area contributed by atoms with E-state index >= 15 is 0 Å². The molecular formula is C30H32F2N2O5S. The van der Waals surface area contributed by atoms with Gasteiger partial charge in [0, 0.05) is 34.3 Å². The van der Waals surface area contributed by atoms with Crippen molar-refractivity contribution in [3.63, 3.8) is 0 Å². The summed E-state index contributed by atoms with van der Waals surface area (Å²) in [6.07, 6.45) is 7.93. The number of thiazole rings is 1. The van der Waals surface area contributed by atoms with Crippen LogP contribution in [0, 0.1) is 17.6 Å². The summed E-state index contributed by atoms with van der Waals surface area (Å²) in [6.45, 7) is 2.59. The summed E-state index contributed by atoms with van der Waals surface area (Å²) < 4.78 is 40.7. The van der Waals surface area contributed by atoms with Crippen LogP contribution in [0.25, 0.3) is 17.3 Å². The number of nitrogens with zero attached hydrogens (tertiary/aromatic N) is 1. The molecule has 1 aliphatic carbocycles. The Morgan fingerprint density at radius 1 is 1.18 bits per heavy atom. The zero-order chi connectivity index (χ0) is 28.6. The molecule has 1 aromatic heterocycles. The van der Waals surface area contributed by atoms with Gasteiger partial charge < -0.3 is 14.6 Å². The molecule has 0 aliphatic heterocycles. The fraction of sp³-hybridized carbons (Fsp3) is 0.367. The Hall–Kier alpha value is -3.63. The van der Waals surface area contributed by atoms with Gasteiger partial charge in [-0.15, -0.1) is 11.3 Å². The van der Waals surface area contributed by atoms with Crippen LogP contribution in [0.2, 0.25) is 0 Å². The quantitative estimate of drug-likeness (QED) is 0.191. The van der Waals surface area contributed by atoms with E-state index in [-0.39, 0.29) is 16.3 Å². The third-order valence-corrected chi connectivity index (χ3v) is 7.69. The average Bonchev–Trinajstić information content (AvgIpc) is 3.41. The van der Waals surface area contributed by atoms with E-state index < -0.39 is 29.1 Å². The van der Waals surface area contributed by atoms with Crippen molar-refractivity contribution in [1.29, 1.82) is 0 Å². The predicted octanol–water partition coefficient (Wildman–Crippen LogP) is 6.98. The average molecular weight is 571 g/mol. The minimum atomic E-state index is -1.30. The van der Waals surface area contributed by atoms with Gasteiger partial charge in [0.15, 0.2) is 5.13 Å². The molecule has 1 aliphatic rings. The number of carbonyl (C=O) groups is 2. The number of aromatic nitrogens is 1. The van der Waals surface area contributed by atoms with Gasteiger partial charge in [0.2, 0.25) is 0 Å². The molecular weight excluding hydrogens is 538 g/mol. The first-order valence-electron chi connectivity index (χ1n) is 13.2. The van der Waals surface area contributed by atoms with E-state index in [1.807, 2.05) is 18.2 Å². The highest BCUT2D eigenvalue weighted by Crippen LogP contribution is 2.35. The first kappa shape index (κ1) is 29.4. The highest BCUT2D eigenvalue weighted by molar-refractivity contribution is 7.14. The van der Waals surface area contributed by atoms with E-state index in [1.54, 1.807) is 12.5 Å². The topological polar surface area (TPSA) is 97.8 Å². The lowest BCUT2D eigenvalue weighted by Gasteiger charge is -2.21. The second kappa shape index (κ2) is 13.6. The summed E-state index contributed by atoms with van der Waals surface area (Å²) in [7, 11) is 1.60. The monoisotopic (exact) mass is 570 g/mol. The van der Waals surface area contributed by atoms with Crippen molar-refractivity contribution < 1.29 is 33.0 Å². The number of aliphatic carboxylic acids is 1. The third-order valence-electron chi connectivity index (χ3n) is 6.93. The van der Waals surface area contributed by atoms with Gasteiger partial charge in [-0.1, -0.05) is 31.4 Å². The summed E-state index contributed by atoms with van der Waals surface area (Å²) in [4.78, 5) is 28.2. The van der Waals surface area contributed by atoms with Crippen molar-refractivity contribution in [2.24, 2.45) is 5.92 Å². The molecule has 0 spiro atoms. The fourth-order valence-electron chi connectivity index (χ4n) is 4.77. The Balaban J connectivity index is 1.43. The highest BCUT2D eigenvalue weighted by Gasteiger charge is 2.19. The van der Waals surface area contributed by atoms with Crippen LogP contribution in [0.4, 0.5) is 13.9 Å². The zero-order valence-corrected chi connectivity index (χ0v) is 23.3. The fourth-order valence-corrected chi connectivity index (χ4v) is 5.47. The molecule has 1 fully saturated rings. The predicted molar refractivity (Wildman–Crippen MR) is 151 cm³/mol. The molecule has 40 heavy (non-hydrogen) atoms. The van der Waals surface area contributed by atoms with Crippen LogP contribution in [0.5, 0.6) is 5.75 Å². The number of rotatable bonds is 11. The molecule has 1 heterocycles. The van der Waals surface area contributed by atoms with E-state index in [0.29, 0.717) is 30.4 Å². The van der Waals surface area contributed by atoms with Crippen LogP contribution in [-0.2, 0) is 16.0 Å². The first-order valence-corrected chi connectivity index (χ1v) is 14.1. The van der Waals surface area contributed by atoms with Crippen molar-refractivity contribution >= 4 is 34.4 Å². The van der Waals surface area contributed by atoms with Gasteiger partial charge in [-0.05, 0) is 61.9 Å². The maximum atomic E-state index is 14.5. The molecule has 2 aromatic carbocycles. The van der Waals surface area contributed by atoms with E-state index in [2.05, 4.69) is 10.3 Å². The number of carboxylic acids is 1. The lowest BCUT2D eigenvalue weighted by Crippen LogP contribution is -2.14. The van der Waals surface area contributed by atoms with Crippen LogP contribution in [0.15, 0.2) is 41.3 Å². The Morgan fingerprint density at radius 3 is 2.58 bits per heavy atom. The lowest BCUT2D eigenvalue weighted by atomic mass is 9.90. The standard InChI is InChI=1S/C30H32F2N2O5S/c1-18(29(36)37)13-23-24(31)14-21(15-25(23)32)28(35)34-30-33-26(17-40-30)22-10-6-9-20(27(22)38-2)11-12-39-16-19-7-4-3-5-8-19/h6,9-10,13-15,17,19H,3-5,7-8,11-12,16H2,1-2H3,(H,36,37)(H,33,34,35). The molecule has 1 saturated carbocycles. The van der Waals surface area contributed by atoms with Gasteiger partial charge >= 0.3 is 5.97 Å². The first-order chi connectivity index (χ1) is 19.3. The van der Waals surface area contributed by atoms with Gasteiger partial charge in [-0.25, -0.2) is 18.6 Å². The highest BCUT2D eigenvalue weighted by atomic mass is 32.1. The number of hydrogen-bond acceptors (Lipinski definition) is 6. The summed E-state index contributed by atoms with van der Waals surface area (Å²) in [6, 6.07) is 7.50. The molecule has 7 nitrogen and oxygen atoms in total. The van der Waals surface area contributed by atoms with E-state index in [0.717, 1.165) is 35.9 Å². The number of para-hydroxylation sites is 1. The molecule has 2 N–H and O–H groups in total. The SMILES string of the molecule is COc1c(CCOCC2CCCCC2)cccc1-c1csc(NC(=O)c2cc(F)c(C=C(C)C(=O)O)c(F)c2)n1. The van der Waals surface area contributed by atoms with E-state index in [9.17, 15) is 18.4 Å². The number of hydrogen-bond donors (Lipinski definition) is 2. The number of anilines is 1. The second-order valence-electron chi connectivity index (χ2n) is 9.80. The largest absolute Gasteiger partial charge is 0.496 e. The lowest BCUT2D eigenvalue weighted by molar-refractivity contribution is -0.132.